The van der Waals surface area contributed by atoms with Gasteiger partial charge in [-0.05, 0) is 64.6 Å². The third kappa shape index (κ3) is 4.19. The van der Waals surface area contributed by atoms with E-state index in [0.717, 1.165) is 6.04 Å². The number of hydrogen-bond acceptors (Lipinski definition) is 2. The number of hydrogen-bond donors (Lipinski definition) is 0. The molecule has 2 saturated heterocycles. The Morgan fingerprint density at radius 1 is 0.895 bits per heavy atom. The molecule has 2 aliphatic heterocycles. The average Bonchev–Trinajstić information content (AvgIpc) is 2.47. The zero-order chi connectivity index (χ0) is 14.1. The van der Waals surface area contributed by atoms with E-state index < -0.39 is 0 Å². The van der Waals surface area contributed by atoms with Crippen LogP contribution in [0, 0.1) is 5.41 Å². The number of rotatable bonds is 2. The summed E-state index contributed by atoms with van der Waals surface area (Å²) in [6.45, 7) is 17.3. The normalized spacial score (nSPS) is 27.9. The van der Waals surface area contributed by atoms with Crippen LogP contribution in [0.5, 0.6) is 0 Å². The molecule has 0 aromatic rings. The molecule has 0 saturated carbocycles. The Labute approximate surface area is 120 Å². The van der Waals surface area contributed by atoms with E-state index in [4.69, 9.17) is 0 Å². The first-order chi connectivity index (χ1) is 8.78. The smallest absolute Gasteiger partial charge is 0.0223 e. The van der Waals surface area contributed by atoms with Crippen molar-refractivity contribution in [3.8, 4) is 0 Å². The van der Waals surface area contributed by atoms with Crippen molar-refractivity contribution >= 4 is 0 Å². The van der Waals surface area contributed by atoms with E-state index in [-0.39, 0.29) is 0 Å². The molecule has 0 amide bonds. The van der Waals surface area contributed by atoms with Gasteiger partial charge in [0.05, 0.1) is 0 Å². The first kappa shape index (κ1) is 15.3. The predicted octanol–water partition coefficient (Wildman–Crippen LogP) is 3.76. The van der Waals surface area contributed by atoms with E-state index in [1.807, 2.05) is 0 Å². The monoisotopic (exact) mass is 266 g/mol. The van der Waals surface area contributed by atoms with E-state index in [9.17, 15) is 0 Å². The average molecular weight is 266 g/mol. The summed E-state index contributed by atoms with van der Waals surface area (Å²) in [6, 6.07) is 0.829. The first-order valence-corrected chi connectivity index (χ1v) is 8.27. The lowest BCUT2D eigenvalue weighted by Crippen LogP contribution is -2.51. The topological polar surface area (TPSA) is 6.48 Å². The van der Waals surface area contributed by atoms with E-state index in [2.05, 4.69) is 44.4 Å². The molecule has 0 aromatic heterocycles. The molecule has 0 radical (unpaired) electrons. The maximum atomic E-state index is 2.79. The van der Waals surface area contributed by atoms with Crippen LogP contribution < -0.4 is 0 Å². The van der Waals surface area contributed by atoms with E-state index in [1.54, 1.807) is 0 Å². The van der Waals surface area contributed by atoms with Crippen molar-refractivity contribution in [1.82, 2.24) is 9.80 Å². The Bertz CT molecular complexity index is 290. The molecular weight excluding hydrogens is 232 g/mol. The summed E-state index contributed by atoms with van der Waals surface area (Å²) < 4.78 is 0. The summed E-state index contributed by atoms with van der Waals surface area (Å²) >= 11 is 0. The van der Waals surface area contributed by atoms with Gasteiger partial charge >= 0.3 is 0 Å². The van der Waals surface area contributed by atoms with Crippen molar-refractivity contribution in [3.63, 3.8) is 0 Å². The maximum absolute atomic E-state index is 2.79. The summed E-state index contributed by atoms with van der Waals surface area (Å²) in [6.07, 6.45) is 6.91. The Balaban J connectivity index is 2.03. The molecule has 2 aliphatic rings. The molecule has 1 atom stereocenters. The molecule has 0 aromatic carbocycles. The van der Waals surface area contributed by atoms with Crippen LogP contribution in [0.15, 0.2) is 0 Å². The minimum absolute atomic E-state index is 0.339. The van der Waals surface area contributed by atoms with Crippen molar-refractivity contribution in [2.75, 3.05) is 26.2 Å². The van der Waals surface area contributed by atoms with Gasteiger partial charge < -0.3 is 0 Å². The molecule has 0 spiro atoms. The van der Waals surface area contributed by atoms with Gasteiger partial charge in [0.15, 0.2) is 0 Å². The largest absolute Gasteiger partial charge is 0.299 e. The van der Waals surface area contributed by atoms with Gasteiger partial charge in [-0.1, -0.05) is 27.2 Å². The van der Waals surface area contributed by atoms with Crippen LogP contribution in [0.3, 0.4) is 0 Å². The third-order valence-corrected chi connectivity index (χ3v) is 4.87. The van der Waals surface area contributed by atoms with Crippen LogP contribution in [0.25, 0.3) is 0 Å². The van der Waals surface area contributed by atoms with Gasteiger partial charge in [0.2, 0.25) is 0 Å². The van der Waals surface area contributed by atoms with Crippen LogP contribution >= 0.6 is 0 Å². The van der Waals surface area contributed by atoms with Crippen LogP contribution in [0.1, 0.15) is 66.7 Å². The van der Waals surface area contributed by atoms with Crippen LogP contribution in [0.4, 0.5) is 0 Å². The van der Waals surface area contributed by atoms with Gasteiger partial charge in [0, 0.05) is 18.1 Å². The molecule has 2 fully saturated rings. The molecule has 2 rings (SSSR count). The van der Waals surface area contributed by atoms with Crippen molar-refractivity contribution < 1.29 is 0 Å². The fourth-order valence-corrected chi connectivity index (χ4v) is 4.33. The molecule has 112 valence electrons. The minimum atomic E-state index is 0.339. The maximum Gasteiger partial charge on any atom is 0.0223 e. The minimum Gasteiger partial charge on any atom is -0.299 e. The Morgan fingerprint density at radius 3 is 2.26 bits per heavy atom. The zero-order valence-corrected chi connectivity index (χ0v) is 13.8. The van der Waals surface area contributed by atoms with Crippen LogP contribution in [-0.2, 0) is 0 Å². The highest BCUT2D eigenvalue weighted by atomic mass is 15.3. The van der Waals surface area contributed by atoms with Gasteiger partial charge in [0.25, 0.3) is 0 Å². The highest BCUT2D eigenvalue weighted by Crippen LogP contribution is 2.33. The second-order valence-electron chi connectivity index (χ2n) is 8.54. The number of nitrogens with zero attached hydrogens (tertiary/aromatic N) is 2. The van der Waals surface area contributed by atoms with Gasteiger partial charge in [-0.25, -0.2) is 0 Å². The zero-order valence-electron chi connectivity index (χ0n) is 13.8. The van der Waals surface area contributed by atoms with Crippen molar-refractivity contribution in [2.24, 2.45) is 5.41 Å². The first-order valence-electron chi connectivity index (χ1n) is 8.27. The van der Waals surface area contributed by atoms with E-state index in [0.29, 0.717) is 11.0 Å². The highest BCUT2D eigenvalue weighted by Gasteiger charge is 2.35. The van der Waals surface area contributed by atoms with Crippen LogP contribution in [0.2, 0.25) is 0 Å². The number of fused-ring (bicyclic) bond motifs is 1. The second kappa shape index (κ2) is 5.73. The summed E-state index contributed by atoms with van der Waals surface area (Å²) in [4.78, 5) is 5.55. The molecule has 0 aliphatic carbocycles. The van der Waals surface area contributed by atoms with Gasteiger partial charge in [-0.3, -0.25) is 9.80 Å². The fraction of sp³-hybridized carbons (Fsp3) is 1.00. The SMILES string of the molecule is CC(C)(C)CC(C)(C)N1CCCN2CCCCC2C1. The molecule has 0 N–H and O–H groups in total. The van der Waals surface area contributed by atoms with E-state index >= 15 is 0 Å². The Kier molecular flexibility index (Phi) is 4.62. The van der Waals surface area contributed by atoms with Crippen molar-refractivity contribution in [3.05, 3.63) is 0 Å². The van der Waals surface area contributed by atoms with Crippen LogP contribution in [-0.4, -0.2) is 47.6 Å². The highest BCUT2D eigenvalue weighted by molar-refractivity contribution is 4.91. The third-order valence-electron chi connectivity index (χ3n) is 4.87. The van der Waals surface area contributed by atoms with Gasteiger partial charge in [-0.15, -0.1) is 0 Å². The predicted molar refractivity (Wildman–Crippen MR) is 83.6 cm³/mol. The molecular formula is C17H34N2. The van der Waals surface area contributed by atoms with Gasteiger partial charge in [0.1, 0.15) is 0 Å². The second-order valence-corrected chi connectivity index (χ2v) is 8.54. The van der Waals surface area contributed by atoms with E-state index in [1.165, 1.54) is 58.3 Å². The van der Waals surface area contributed by atoms with Crippen molar-refractivity contribution in [1.29, 1.82) is 0 Å². The number of piperidine rings is 1. The summed E-state index contributed by atoms with van der Waals surface area (Å²) in [5.41, 5.74) is 0.758. The molecule has 2 nitrogen and oxygen atoms in total. The Morgan fingerprint density at radius 2 is 1.58 bits per heavy atom. The van der Waals surface area contributed by atoms with Gasteiger partial charge in [-0.2, -0.15) is 0 Å². The lowest BCUT2D eigenvalue weighted by atomic mass is 9.80. The molecule has 2 heterocycles. The molecule has 2 heteroatoms. The van der Waals surface area contributed by atoms with Crippen molar-refractivity contribution in [2.45, 2.75) is 78.3 Å². The quantitative estimate of drug-likeness (QED) is 0.751. The Hall–Kier alpha value is -0.0800. The fourth-order valence-electron chi connectivity index (χ4n) is 4.33. The molecule has 0 bridgehead atoms. The molecule has 1 unspecified atom stereocenters. The molecule has 19 heavy (non-hydrogen) atoms. The summed E-state index contributed by atoms with van der Waals surface area (Å²) in [5, 5.41) is 0. The summed E-state index contributed by atoms with van der Waals surface area (Å²) in [7, 11) is 0. The lowest BCUT2D eigenvalue weighted by Gasteiger charge is -2.44. The standard InChI is InChI=1S/C17H34N2/c1-16(2,3)14-17(4,5)19-12-8-11-18-10-7-6-9-15(18)13-19/h15H,6-14H2,1-5H3. The lowest BCUT2D eigenvalue weighted by molar-refractivity contribution is 0.0563. The summed E-state index contributed by atoms with van der Waals surface area (Å²) in [5.74, 6) is 0.